The number of methoxy groups -OCH3 is 1. The quantitative estimate of drug-likeness (QED) is 0.475. The van der Waals surface area contributed by atoms with Crippen LogP contribution in [0.25, 0.3) is 22.3 Å². The van der Waals surface area contributed by atoms with Crippen molar-refractivity contribution in [3.63, 3.8) is 0 Å². The van der Waals surface area contributed by atoms with E-state index in [0.29, 0.717) is 29.2 Å². The number of hydrogen-bond acceptors (Lipinski definition) is 7. The van der Waals surface area contributed by atoms with Crippen LogP contribution in [0.1, 0.15) is 36.6 Å². The predicted molar refractivity (Wildman–Crippen MR) is 105 cm³/mol. The molecule has 5 rings (SSSR count). The highest BCUT2D eigenvalue weighted by atomic mass is 16.5. The molecule has 2 aliphatic heterocycles. The molecule has 0 saturated heterocycles. The zero-order valence-corrected chi connectivity index (χ0v) is 16.2. The maximum atomic E-state index is 12.8. The van der Waals surface area contributed by atoms with Crippen LogP contribution in [0.4, 0.5) is 0 Å². The van der Waals surface area contributed by atoms with Crippen LogP contribution in [-0.4, -0.2) is 32.8 Å². The number of aliphatic hydroxyl groups is 1. The zero-order chi connectivity index (χ0) is 20.9. The Morgan fingerprint density at radius 1 is 1.21 bits per heavy atom. The van der Waals surface area contributed by atoms with Gasteiger partial charge in [0.1, 0.15) is 6.61 Å². The average Bonchev–Trinajstić information content (AvgIpc) is 3.08. The molecular formula is C21H20N2O6. The predicted octanol–water partition coefficient (Wildman–Crippen LogP) is 2.26. The molecule has 0 radical (unpaired) electrons. The molecule has 0 saturated carbocycles. The summed E-state index contributed by atoms with van der Waals surface area (Å²) in [5.41, 5.74) is 2.72. The summed E-state index contributed by atoms with van der Waals surface area (Å²) in [5.74, 6) is -0.462. The van der Waals surface area contributed by atoms with E-state index >= 15 is 0 Å². The molecule has 2 aromatic heterocycles. The third-order valence-electron chi connectivity index (χ3n) is 5.08. The summed E-state index contributed by atoms with van der Waals surface area (Å²) in [6.07, 6.45) is -1.48. The molecule has 8 nitrogen and oxygen atoms in total. The van der Waals surface area contributed by atoms with Gasteiger partial charge in [0.05, 0.1) is 36.1 Å². The molecule has 150 valence electrons. The second-order valence-corrected chi connectivity index (χ2v) is 6.58. The zero-order valence-electron chi connectivity index (χ0n) is 16.2. The standard InChI is InChI=1S/C19H14N2O6.C2H6/c1-26-15-3-8-2-9-6-21-13(16(9)20-12(8)5-14(15)22)4-10-11(18(21)24)7-27-19(25)17(10)23;1-2/h2-5,17,22-23H,6-7H2,1H3;1-2H3. The molecule has 1 aromatic carbocycles. The average molecular weight is 396 g/mol. The van der Waals surface area contributed by atoms with Gasteiger partial charge in [-0.15, -0.1) is 0 Å². The summed E-state index contributed by atoms with van der Waals surface area (Å²) in [7, 11) is 1.47. The number of nitrogens with zero attached hydrogens (tertiary/aromatic N) is 2. The van der Waals surface area contributed by atoms with Crippen molar-refractivity contribution in [2.75, 3.05) is 7.11 Å². The molecule has 4 heterocycles. The summed E-state index contributed by atoms with van der Waals surface area (Å²) in [4.78, 5) is 29.1. The van der Waals surface area contributed by atoms with Crippen molar-refractivity contribution >= 4 is 16.9 Å². The first-order valence-corrected chi connectivity index (χ1v) is 9.30. The maximum absolute atomic E-state index is 12.8. The Morgan fingerprint density at radius 3 is 2.69 bits per heavy atom. The fourth-order valence-corrected chi connectivity index (χ4v) is 3.71. The highest BCUT2D eigenvalue weighted by Gasteiger charge is 2.33. The first-order chi connectivity index (χ1) is 14.0. The van der Waals surface area contributed by atoms with E-state index in [0.717, 1.165) is 10.9 Å². The minimum atomic E-state index is -1.48. The summed E-state index contributed by atoms with van der Waals surface area (Å²) >= 11 is 0. The van der Waals surface area contributed by atoms with Gasteiger partial charge < -0.3 is 24.3 Å². The number of carbonyl (C=O) groups excluding carboxylic acids is 1. The molecule has 0 amide bonds. The van der Waals surface area contributed by atoms with E-state index in [2.05, 4.69) is 4.98 Å². The highest BCUT2D eigenvalue weighted by Crippen LogP contribution is 2.37. The van der Waals surface area contributed by atoms with Gasteiger partial charge in [0.25, 0.3) is 5.56 Å². The normalized spacial score (nSPS) is 16.3. The molecule has 29 heavy (non-hydrogen) atoms. The minimum Gasteiger partial charge on any atom is -0.504 e. The van der Waals surface area contributed by atoms with Gasteiger partial charge in [0.2, 0.25) is 0 Å². The van der Waals surface area contributed by atoms with Crippen molar-refractivity contribution in [1.29, 1.82) is 0 Å². The van der Waals surface area contributed by atoms with Gasteiger partial charge in [-0.2, -0.15) is 0 Å². The fraction of sp³-hybridized carbons (Fsp3) is 0.286. The second-order valence-electron chi connectivity index (χ2n) is 6.58. The summed E-state index contributed by atoms with van der Waals surface area (Å²) < 4.78 is 11.6. The number of cyclic esters (lactones) is 1. The van der Waals surface area contributed by atoms with Crippen molar-refractivity contribution in [2.24, 2.45) is 0 Å². The van der Waals surface area contributed by atoms with Gasteiger partial charge >= 0.3 is 5.97 Å². The number of esters is 1. The third kappa shape index (κ3) is 2.75. The van der Waals surface area contributed by atoms with Crippen molar-refractivity contribution in [2.45, 2.75) is 33.1 Å². The molecule has 0 fully saturated rings. The summed E-state index contributed by atoms with van der Waals surface area (Å²) in [5, 5.41) is 20.9. The number of phenols is 1. The van der Waals surface area contributed by atoms with E-state index < -0.39 is 12.1 Å². The molecule has 3 aromatic rings. The molecule has 0 spiro atoms. The van der Waals surface area contributed by atoms with E-state index in [1.54, 1.807) is 16.7 Å². The molecular weight excluding hydrogens is 376 g/mol. The van der Waals surface area contributed by atoms with Crippen LogP contribution in [0.3, 0.4) is 0 Å². The molecule has 1 unspecified atom stereocenters. The van der Waals surface area contributed by atoms with Crippen LogP contribution in [-0.2, 0) is 22.7 Å². The van der Waals surface area contributed by atoms with Gasteiger partial charge in [-0.05, 0) is 18.2 Å². The molecule has 2 N–H and O–H groups in total. The lowest BCUT2D eigenvalue weighted by molar-refractivity contribution is -0.157. The van der Waals surface area contributed by atoms with E-state index in [1.165, 1.54) is 13.2 Å². The number of phenolic OH excluding ortho intramolecular Hbond substituents is 1. The van der Waals surface area contributed by atoms with Crippen LogP contribution in [0.5, 0.6) is 11.5 Å². The Kier molecular flexibility index (Phi) is 4.50. The Hall–Kier alpha value is -3.39. The van der Waals surface area contributed by atoms with Crippen LogP contribution in [0.2, 0.25) is 0 Å². The van der Waals surface area contributed by atoms with E-state index in [1.807, 2.05) is 19.9 Å². The van der Waals surface area contributed by atoms with Crippen molar-refractivity contribution in [1.82, 2.24) is 9.55 Å². The number of carbonyl (C=O) groups is 1. The lowest BCUT2D eigenvalue weighted by atomic mass is 10.0. The fourth-order valence-electron chi connectivity index (χ4n) is 3.71. The van der Waals surface area contributed by atoms with Gasteiger partial charge in [0, 0.05) is 22.6 Å². The van der Waals surface area contributed by atoms with E-state index in [9.17, 15) is 19.8 Å². The van der Waals surface area contributed by atoms with Crippen molar-refractivity contribution < 1.29 is 24.5 Å². The van der Waals surface area contributed by atoms with E-state index in [-0.39, 0.29) is 29.0 Å². The number of aromatic nitrogens is 2. The minimum absolute atomic E-state index is 0.0311. The number of pyridine rings is 2. The monoisotopic (exact) mass is 396 g/mol. The number of aromatic hydroxyl groups is 1. The number of fused-ring (bicyclic) bond motifs is 5. The maximum Gasteiger partial charge on any atom is 0.340 e. The van der Waals surface area contributed by atoms with E-state index in [4.69, 9.17) is 9.47 Å². The summed E-state index contributed by atoms with van der Waals surface area (Å²) in [6.45, 7) is 4.17. The first kappa shape index (κ1) is 18.9. The number of aliphatic hydroxyl groups excluding tert-OH is 1. The van der Waals surface area contributed by atoms with Crippen LogP contribution >= 0.6 is 0 Å². The third-order valence-corrected chi connectivity index (χ3v) is 5.08. The van der Waals surface area contributed by atoms with Gasteiger partial charge in [-0.25, -0.2) is 9.78 Å². The van der Waals surface area contributed by atoms with Crippen molar-refractivity contribution in [3.8, 4) is 22.9 Å². The van der Waals surface area contributed by atoms with Crippen LogP contribution < -0.4 is 10.3 Å². The van der Waals surface area contributed by atoms with Gasteiger partial charge in [-0.3, -0.25) is 4.79 Å². The Bertz CT molecular complexity index is 1210. The Balaban J connectivity index is 0.000000994. The van der Waals surface area contributed by atoms with Crippen molar-refractivity contribution in [3.05, 3.63) is 51.3 Å². The molecule has 8 heteroatoms. The smallest absolute Gasteiger partial charge is 0.340 e. The second kappa shape index (κ2) is 6.89. The lowest BCUT2D eigenvalue weighted by Crippen LogP contribution is -2.32. The topological polar surface area (TPSA) is 111 Å². The Morgan fingerprint density at radius 2 is 1.97 bits per heavy atom. The van der Waals surface area contributed by atoms with Gasteiger partial charge in [-0.1, -0.05) is 13.8 Å². The largest absolute Gasteiger partial charge is 0.504 e. The highest BCUT2D eigenvalue weighted by molar-refractivity contribution is 5.87. The SMILES string of the molecule is CC.COc1cc2cc3c(nc2cc1O)-c1cc2c(c(=O)n1C3)COC(=O)C2O. The number of rotatable bonds is 1. The molecule has 0 aliphatic carbocycles. The van der Waals surface area contributed by atoms with Crippen LogP contribution in [0, 0.1) is 0 Å². The number of hydrogen-bond donors (Lipinski definition) is 2. The first-order valence-electron chi connectivity index (χ1n) is 9.30. The number of benzene rings is 1. The molecule has 0 bridgehead atoms. The number of ether oxygens (including phenoxy) is 2. The molecule has 2 aliphatic rings. The Labute approximate surface area is 166 Å². The molecule has 1 atom stereocenters. The lowest BCUT2D eigenvalue weighted by Gasteiger charge is -2.21. The van der Waals surface area contributed by atoms with Gasteiger partial charge in [0.15, 0.2) is 17.6 Å². The van der Waals surface area contributed by atoms with Crippen LogP contribution in [0.15, 0.2) is 29.1 Å². The summed E-state index contributed by atoms with van der Waals surface area (Å²) in [6, 6.07) is 6.70.